The molecule has 7 nitrogen and oxygen atoms in total. The van der Waals surface area contributed by atoms with Crippen LogP contribution in [-0.2, 0) is 0 Å². The Balaban J connectivity index is 2.04. The Morgan fingerprint density at radius 3 is 1.22 bits per heavy atom. The minimum Gasteiger partial charge on any atom is -0.350 e. The van der Waals surface area contributed by atoms with Gasteiger partial charge in [-0.05, 0) is 27.7 Å². The second kappa shape index (κ2) is 8.26. The summed E-state index contributed by atoms with van der Waals surface area (Å²) in [5, 5.41) is 3.22. The number of aromatic nitrogens is 4. The molecule has 124 valence electrons. The van der Waals surface area contributed by atoms with Gasteiger partial charge >= 0.3 is 0 Å². The number of nitrogens with zero attached hydrogens (tertiary/aromatic N) is 6. The van der Waals surface area contributed by atoms with Gasteiger partial charge in [0, 0.05) is 26.2 Å². The second-order valence-electron chi connectivity index (χ2n) is 5.01. The van der Waals surface area contributed by atoms with E-state index < -0.39 is 0 Å². The molecular formula is C16H25N7. The van der Waals surface area contributed by atoms with Crippen molar-refractivity contribution in [3.05, 3.63) is 24.8 Å². The quantitative estimate of drug-likeness (QED) is 0.803. The molecule has 0 amide bonds. The zero-order valence-electron chi connectivity index (χ0n) is 14.3. The van der Waals surface area contributed by atoms with Crippen molar-refractivity contribution in [2.75, 3.05) is 41.3 Å². The molecule has 0 aliphatic heterocycles. The van der Waals surface area contributed by atoms with Gasteiger partial charge in [0.1, 0.15) is 0 Å². The van der Waals surface area contributed by atoms with E-state index in [4.69, 9.17) is 0 Å². The lowest BCUT2D eigenvalue weighted by atomic mass is 10.4. The van der Waals surface area contributed by atoms with Crippen LogP contribution in [0.2, 0.25) is 0 Å². The van der Waals surface area contributed by atoms with Crippen LogP contribution in [-0.4, -0.2) is 46.1 Å². The van der Waals surface area contributed by atoms with E-state index in [9.17, 15) is 0 Å². The van der Waals surface area contributed by atoms with Crippen molar-refractivity contribution in [2.24, 2.45) is 0 Å². The lowest BCUT2D eigenvalue weighted by molar-refractivity contribution is 0.820. The maximum atomic E-state index is 4.39. The maximum absolute atomic E-state index is 4.39. The highest BCUT2D eigenvalue weighted by Crippen LogP contribution is 2.16. The fourth-order valence-corrected chi connectivity index (χ4v) is 2.28. The lowest BCUT2D eigenvalue weighted by Crippen LogP contribution is -2.24. The van der Waals surface area contributed by atoms with Crippen LogP contribution in [0.1, 0.15) is 27.7 Å². The van der Waals surface area contributed by atoms with Crippen LogP contribution in [0.3, 0.4) is 0 Å². The number of anilines is 4. The van der Waals surface area contributed by atoms with Crippen molar-refractivity contribution in [1.29, 1.82) is 0 Å². The van der Waals surface area contributed by atoms with E-state index in [1.54, 1.807) is 24.8 Å². The molecule has 2 aromatic heterocycles. The predicted octanol–water partition coefficient (Wildman–Crippen LogP) is 2.70. The van der Waals surface area contributed by atoms with E-state index in [0.717, 1.165) is 49.5 Å². The normalized spacial score (nSPS) is 10.4. The number of hydrogen-bond acceptors (Lipinski definition) is 7. The zero-order chi connectivity index (χ0) is 16.7. The van der Waals surface area contributed by atoms with E-state index >= 15 is 0 Å². The topological polar surface area (TPSA) is 70.1 Å². The third kappa shape index (κ3) is 4.28. The molecule has 0 radical (unpaired) electrons. The van der Waals surface area contributed by atoms with E-state index in [1.807, 2.05) is 0 Å². The van der Waals surface area contributed by atoms with Gasteiger partial charge in [0.2, 0.25) is 11.9 Å². The molecule has 0 bridgehead atoms. The molecule has 2 rings (SSSR count). The summed E-state index contributed by atoms with van der Waals surface area (Å²) < 4.78 is 0. The third-order valence-electron chi connectivity index (χ3n) is 3.66. The first-order valence-corrected chi connectivity index (χ1v) is 8.12. The molecular weight excluding hydrogens is 290 g/mol. The molecule has 0 fully saturated rings. The van der Waals surface area contributed by atoms with Crippen molar-refractivity contribution >= 4 is 23.3 Å². The molecule has 0 atom stereocenters. The van der Waals surface area contributed by atoms with E-state index in [-0.39, 0.29) is 0 Å². The van der Waals surface area contributed by atoms with Gasteiger partial charge in [-0.2, -0.15) is 0 Å². The minimum absolute atomic E-state index is 0.744. The molecule has 0 aliphatic carbocycles. The minimum atomic E-state index is 0.744. The fraction of sp³-hybridized carbons (Fsp3) is 0.500. The summed E-state index contributed by atoms with van der Waals surface area (Å²) in [7, 11) is 0. The van der Waals surface area contributed by atoms with Crippen LogP contribution in [0.25, 0.3) is 0 Å². The highest BCUT2D eigenvalue weighted by atomic mass is 15.3. The Morgan fingerprint density at radius 2 is 0.957 bits per heavy atom. The molecule has 0 saturated carbocycles. The van der Waals surface area contributed by atoms with Gasteiger partial charge < -0.3 is 15.1 Å². The Bertz CT molecular complexity index is 521. The molecule has 0 unspecified atom stereocenters. The van der Waals surface area contributed by atoms with E-state index in [2.05, 4.69) is 62.7 Å². The summed E-state index contributed by atoms with van der Waals surface area (Å²) in [4.78, 5) is 21.8. The Morgan fingerprint density at radius 1 is 0.652 bits per heavy atom. The van der Waals surface area contributed by atoms with Gasteiger partial charge in [-0.15, -0.1) is 0 Å². The first-order valence-electron chi connectivity index (χ1n) is 8.12. The molecule has 0 aliphatic rings. The van der Waals surface area contributed by atoms with Crippen molar-refractivity contribution in [1.82, 2.24) is 19.9 Å². The zero-order valence-corrected chi connectivity index (χ0v) is 14.3. The first-order chi connectivity index (χ1) is 11.2. The second-order valence-corrected chi connectivity index (χ2v) is 5.01. The first kappa shape index (κ1) is 16.9. The van der Waals surface area contributed by atoms with Crippen molar-refractivity contribution in [3.63, 3.8) is 0 Å². The van der Waals surface area contributed by atoms with Gasteiger partial charge in [0.15, 0.2) is 0 Å². The standard InChI is InChI=1S/C16H25N7/c1-5-22(6-2)15-17-9-13(10-18-15)21-14-11-19-16(20-12-14)23(7-3)8-4/h9-12,21H,5-8H2,1-4H3. The molecule has 7 heteroatoms. The highest BCUT2D eigenvalue weighted by Gasteiger charge is 2.07. The molecule has 23 heavy (non-hydrogen) atoms. The largest absolute Gasteiger partial charge is 0.350 e. The maximum Gasteiger partial charge on any atom is 0.225 e. The summed E-state index contributed by atoms with van der Waals surface area (Å²) >= 11 is 0. The van der Waals surface area contributed by atoms with Crippen LogP contribution < -0.4 is 15.1 Å². The SMILES string of the molecule is CCN(CC)c1ncc(Nc2cnc(N(CC)CC)nc2)cn1. The summed E-state index contributed by atoms with van der Waals surface area (Å²) in [6, 6.07) is 0. The van der Waals surface area contributed by atoms with Crippen LogP contribution in [0.15, 0.2) is 24.8 Å². The molecule has 2 aromatic rings. The fourth-order valence-electron chi connectivity index (χ4n) is 2.28. The van der Waals surface area contributed by atoms with Gasteiger partial charge in [0.25, 0.3) is 0 Å². The average molecular weight is 315 g/mol. The molecule has 2 heterocycles. The van der Waals surface area contributed by atoms with Crippen molar-refractivity contribution in [2.45, 2.75) is 27.7 Å². The van der Waals surface area contributed by atoms with E-state index in [0.29, 0.717) is 0 Å². The van der Waals surface area contributed by atoms with Crippen LogP contribution >= 0.6 is 0 Å². The smallest absolute Gasteiger partial charge is 0.225 e. The summed E-state index contributed by atoms with van der Waals surface area (Å²) in [6.45, 7) is 11.9. The van der Waals surface area contributed by atoms with Crippen molar-refractivity contribution < 1.29 is 0 Å². The van der Waals surface area contributed by atoms with Crippen LogP contribution in [0.5, 0.6) is 0 Å². The number of nitrogens with one attached hydrogen (secondary N) is 1. The van der Waals surface area contributed by atoms with Gasteiger partial charge in [-0.1, -0.05) is 0 Å². The monoisotopic (exact) mass is 315 g/mol. The average Bonchev–Trinajstić information content (AvgIpc) is 2.60. The molecule has 0 saturated heterocycles. The number of hydrogen-bond donors (Lipinski definition) is 1. The molecule has 0 spiro atoms. The van der Waals surface area contributed by atoms with Crippen LogP contribution in [0.4, 0.5) is 23.3 Å². The summed E-state index contributed by atoms with van der Waals surface area (Å²) in [5.74, 6) is 1.49. The van der Waals surface area contributed by atoms with Gasteiger partial charge in [-0.25, -0.2) is 19.9 Å². The predicted molar refractivity (Wildman–Crippen MR) is 94.5 cm³/mol. The van der Waals surface area contributed by atoms with Gasteiger partial charge in [0.05, 0.1) is 36.2 Å². The van der Waals surface area contributed by atoms with Crippen LogP contribution in [0, 0.1) is 0 Å². The third-order valence-corrected chi connectivity index (χ3v) is 3.66. The summed E-state index contributed by atoms with van der Waals surface area (Å²) in [6.07, 6.45) is 7.11. The number of rotatable bonds is 8. The highest BCUT2D eigenvalue weighted by molar-refractivity contribution is 5.57. The molecule has 0 aromatic carbocycles. The Kier molecular flexibility index (Phi) is 6.08. The lowest BCUT2D eigenvalue weighted by Gasteiger charge is -2.19. The Hall–Kier alpha value is -2.44. The van der Waals surface area contributed by atoms with Crippen molar-refractivity contribution in [3.8, 4) is 0 Å². The molecule has 1 N–H and O–H groups in total. The Labute approximate surface area is 137 Å². The van der Waals surface area contributed by atoms with E-state index in [1.165, 1.54) is 0 Å². The van der Waals surface area contributed by atoms with Gasteiger partial charge in [-0.3, -0.25) is 0 Å². The summed E-state index contributed by atoms with van der Waals surface area (Å²) in [5.41, 5.74) is 1.64.